The minimum atomic E-state index is 0.377. The molecule has 21 heavy (non-hydrogen) atoms. The fraction of sp³-hybridized carbons (Fsp3) is 0.312. The lowest BCUT2D eigenvalue weighted by atomic mass is 9.96. The van der Waals surface area contributed by atoms with Crippen LogP contribution >= 0.6 is 0 Å². The van der Waals surface area contributed by atoms with Gasteiger partial charge in [0.2, 0.25) is 0 Å². The maximum absolute atomic E-state index is 4.33. The highest BCUT2D eigenvalue weighted by atomic mass is 15.2. The summed E-state index contributed by atoms with van der Waals surface area (Å²) in [6.07, 6.45) is 7.01. The number of nitrogens with one attached hydrogen (secondary N) is 2. The average molecular weight is 279 g/mol. The summed E-state index contributed by atoms with van der Waals surface area (Å²) in [5.74, 6) is 0.869. The van der Waals surface area contributed by atoms with Crippen molar-refractivity contribution < 1.29 is 0 Å². The molecular formula is C16H17N5. The zero-order valence-corrected chi connectivity index (χ0v) is 11.7. The average Bonchev–Trinajstić information content (AvgIpc) is 3.10. The van der Waals surface area contributed by atoms with Gasteiger partial charge in [-0.05, 0) is 30.2 Å². The number of H-pyrrole nitrogens is 1. The van der Waals surface area contributed by atoms with E-state index in [0.717, 1.165) is 29.8 Å². The summed E-state index contributed by atoms with van der Waals surface area (Å²) in [5.41, 5.74) is 2.57. The molecule has 1 fully saturated rings. The Bertz CT molecular complexity index is 745. The van der Waals surface area contributed by atoms with Gasteiger partial charge in [0.15, 0.2) is 5.65 Å². The molecule has 1 aliphatic rings. The quantitative estimate of drug-likeness (QED) is 0.753. The minimum absolute atomic E-state index is 0.377. The second kappa shape index (κ2) is 4.84. The number of aromatic nitrogens is 4. The Morgan fingerprint density at radius 3 is 2.81 bits per heavy atom. The van der Waals surface area contributed by atoms with Gasteiger partial charge < -0.3 is 5.32 Å². The van der Waals surface area contributed by atoms with Crippen LogP contribution in [0, 0.1) is 5.41 Å². The minimum Gasteiger partial charge on any atom is -0.369 e. The molecule has 2 aromatic heterocycles. The van der Waals surface area contributed by atoms with E-state index < -0.39 is 0 Å². The molecule has 3 aromatic rings. The molecule has 5 heteroatoms. The molecule has 106 valence electrons. The topological polar surface area (TPSA) is 66.5 Å². The summed E-state index contributed by atoms with van der Waals surface area (Å²) in [6.45, 7) is 0.944. The van der Waals surface area contributed by atoms with Crippen molar-refractivity contribution in [3.63, 3.8) is 0 Å². The maximum atomic E-state index is 4.33. The smallest absolute Gasteiger partial charge is 0.160 e. The Labute approximate surface area is 122 Å². The molecule has 2 N–H and O–H groups in total. The SMILES string of the molecule is c1ccc(CC2(CNc3ncnc4[nH]ncc34)CC2)cc1. The first-order valence-corrected chi connectivity index (χ1v) is 7.27. The molecule has 0 radical (unpaired) electrons. The highest BCUT2D eigenvalue weighted by Gasteiger charge is 2.42. The zero-order valence-electron chi connectivity index (χ0n) is 11.7. The van der Waals surface area contributed by atoms with Crippen molar-refractivity contribution in [2.45, 2.75) is 19.3 Å². The van der Waals surface area contributed by atoms with Crippen molar-refractivity contribution >= 4 is 16.9 Å². The predicted octanol–water partition coefficient (Wildman–Crippen LogP) is 2.79. The standard InChI is InChI=1S/C16H17N5/c1-2-4-12(5-3-1)8-16(6-7-16)10-17-14-13-9-20-21-15(13)19-11-18-14/h1-5,9,11H,6-8,10H2,(H2,17,18,19,20,21). The van der Waals surface area contributed by atoms with Crippen LogP contribution in [0.25, 0.3) is 11.0 Å². The molecule has 0 atom stereocenters. The summed E-state index contributed by atoms with van der Waals surface area (Å²) in [7, 11) is 0. The van der Waals surface area contributed by atoms with Gasteiger partial charge >= 0.3 is 0 Å². The van der Waals surface area contributed by atoms with E-state index >= 15 is 0 Å². The number of fused-ring (bicyclic) bond motifs is 1. The summed E-state index contributed by atoms with van der Waals surface area (Å²) < 4.78 is 0. The number of anilines is 1. The van der Waals surface area contributed by atoms with E-state index in [1.165, 1.54) is 18.4 Å². The van der Waals surface area contributed by atoms with Crippen molar-refractivity contribution in [2.75, 3.05) is 11.9 Å². The zero-order chi connectivity index (χ0) is 14.1. The molecule has 0 aliphatic heterocycles. The van der Waals surface area contributed by atoms with E-state index in [-0.39, 0.29) is 0 Å². The van der Waals surface area contributed by atoms with Crippen LogP contribution in [0.5, 0.6) is 0 Å². The molecule has 0 amide bonds. The lowest BCUT2D eigenvalue weighted by Crippen LogP contribution is -2.18. The summed E-state index contributed by atoms with van der Waals surface area (Å²) in [4.78, 5) is 8.50. The van der Waals surface area contributed by atoms with Crippen LogP contribution in [-0.4, -0.2) is 26.7 Å². The second-order valence-electron chi connectivity index (χ2n) is 5.87. The maximum Gasteiger partial charge on any atom is 0.160 e. The summed E-state index contributed by atoms with van der Waals surface area (Å²) in [6, 6.07) is 10.7. The molecule has 4 rings (SSSR count). The normalized spacial score (nSPS) is 16.0. The molecular weight excluding hydrogens is 262 g/mol. The van der Waals surface area contributed by atoms with Crippen LogP contribution in [0.15, 0.2) is 42.9 Å². The number of aromatic amines is 1. The second-order valence-corrected chi connectivity index (χ2v) is 5.87. The van der Waals surface area contributed by atoms with Gasteiger partial charge in [-0.3, -0.25) is 5.10 Å². The van der Waals surface area contributed by atoms with Crippen molar-refractivity contribution in [3.8, 4) is 0 Å². The van der Waals surface area contributed by atoms with Crippen LogP contribution in [0.3, 0.4) is 0 Å². The highest BCUT2D eigenvalue weighted by Crippen LogP contribution is 2.48. The van der Waals surface area contributed by atoms with Crippen LogP contribution in [0.4, 0.5) is 5.82 Å². The van der Waals surface area contributed by atoms with Gasteiger partial charge in [0, 0.05) is 6.54 Å². The molecule has 0 unspecified atom stereocenters. The first-order chi connectivity index (χ1) is 10.3. The molecule has 1 saturated carbocycles. The number of rotatable bonds is 5. The van der Waals surface area contributed by atoms with Crippen LogP contribution in [0.2, 0.25) is 0 Å². The van der Waals surface area contributed by atoms with E-state index in [0.29, 0.717) is 5.41 Å². The van der Waals surface area contributed by atoms with Crippen LogP contribution in [0.1, 0.15) is 18.4 Å². The van der Waals surface area contributed by atoms with Gasteiger partial charge in [-0.25, -0.2) is 9.97 Å². The first kappa shape index (κ1) is 12.3. The number of hydrogen-bond donors (Lipinski definition) is 2. The van der Waals surface area contributed by atoms with Crippen LogP contribution < -0.4 is 5.32 Å². The third-order valence-electron chi connectivity index (χ3n) is 4.26. The Morgan fingerprint density at radius 1 is 1.14 bits per heavy atom. The molecule has 1 aliphatic carbocycles. The molecule has 0 spiro atoms. The first-order valence-electron chi connectivity index (χ1n) is 7.27. The van der Waals surface area contributed by atoms with Gasteiger partial charge in [-0.1, -0.05) is 30.3 Å². The van der Waals surface area contributed by atoms with Crippen LogP contribution in [-0.2, 0) is 6.42 Å². The van der Waals surface area contributed by atoms with E-state index in [1.54, 1.807) is 12.5 Å². The van der Waals surface area contributed by atoms with E-state index in [1.807, 2.05) is 0 Å². The third kappa shape index (κ3) is 2.46. The van der Waals surface area contributed by atoms with Crippen molar-refractivity contribution in [1.29, 1.82) is 0 Å². The Hall–Kier alpha value is -2.43. The molecule has 1 aromatic carbocycles. The molecule has 2 heterocycles. The monoisotopic (exact) mass is 279 g/mol. The number of benzene rings is 1. The lowest BCUT2D eigenvalue weighted by Gasteiger charge is -2.16. The number of nitrogens with zero attached hydrogens (tertiary/aromatic N) is 3. The molecule has 0 bridgehead atoms. The van der Waals surface area contributed by atoms with Gasteiger partial charge in [0.05, 0.1) is 11.6 Å². The van der Waals surface area contributed by atoms with Gasteiger partial charge in [-0.15, -0.1) is 0 Å². The van der Waals surface area contributed by atoms with Gasteiger partial charge in [0.1, 0.15) is 12.1 Å². The lowest BCUT2D eigenvalue weighted by molar-refractivity contribution is 0.538. The van der Waals surface area contributed by atoms with Gasteiger partial charge in [0.25, 0.3) is 0 Å². The Kier molecular flexibility index (Phi) is 2.84. The van der Waals surface area contributed by atoms with Crippen molar-refractivity contribution in [2.24, 2.45) is 5.41 Å². The number of hydrogen-bond acceptors (Lipinski definition) is 4. The Morgan fingerprint density at radius 2 is 2.00 bits per heavy atom. The fourth-order valence-electron chi connectivity index (χ4n) is 2.80. The van der Waals surface area contributed by atoms with Crippen molar-refractivity contribution in [1.82, 2.24) is 20.2 Å². The predicted molar refractivity (Wildman–Crippen MR) is 82.0 cm³/mol. The van der Waals surface area contributed by atoms with Crippen molar-refractivity contribution in [3.05, 3.63) is 48.4 Å². The van der Waals surface area contributed by atoms with Gasteiger partial charge in [-0.2, -0.15) is 5.10 Å². The van der Waals surface area contributed by atoms with E-state index in [9.17, 15) is 0 Å². The third-order valence-corrected chi connectivity index (χ3v) is 4.26. The summed E-state index contributed by atoms with van der Waals surface area (Å²) >= 11 is 0. The Balaban J connectivity index is 1.48. The molecule has 0 saturated heterocycles. The van der Waals surface area contributed by atoms with E-state index in [2.05, 4.69) is 55.8 Å². The molecule has 5 nitrogen and oxygen atoms in total. The fourth-order valence-corrected chi connectivity index (χ4v) is 2.80. The largest absolute Gasteiger partial charge is 0.369 e. The van der Waals surface area contributed by atoms with E-state index in [4.69, 9.17) is 0 Å². The summed E-state index contributed by atoms with van der Waals surface area (Å²) in [5, 5.41) is 11.3. The highest BCUT2D eigenvalue weighted by molar-refractivity contribution is 5.85.